The zero-order chi connectivity index (χ0) is 12.8. The van der Waals surface area contributed by atoms with Crippen molar-refractivity contribution in [2.24, 2.45) is 0 Å². The molecule has 0 amide bonds. The van der Waals surface area contributed by atoms with Gasteiger partial charge in [0.05, 0.1) is 12.7 Å². The van der Waals surface area contributed by atoms with Crippen molar-refractivity contribution >= 4 is 17.3 Å². The summed E-state index contributed by atoms with van der Waals surface area (Å²) in [5.41, 5.74) is 0. The number of rotatable bonds is 7. The maximum Gasteiger partial charge on any atom is 0.345 e. The third-order valence-corrected chi connectivity index (χ3v) is 4.18. The van der Waals surface area contributed by atoms with E-state index in [1.807, 2.05) is 6.07 Å². The summed E-state index contributed by atoms with van der Waals surface area (Å²) in [7, 11) is 0. The van der Waals surface area contributed by atoms with Crippen LogP contribution in [0, 0.1) is 0 Å². The smallest absolute Gasteiger partial charge is 0.345 e. The molecular formula is C13H19NO3S. The molecule has 0 spiro atoms. The van der Waals surface area contributed by atoms with E-state index in [0.29, 0.717) is 17.5 Å². The standard InChI is InChI=1S/C13H19NO3S/c15-13(16)12-6-5-11(18-12)9-14-7-8-17-10-3-1-2-4-10/h5-6,10,14H,1-4,7-9H2,(H,15,16). The molecular weight excluding hydrogens is 250 g/mol. The minimum atomic E-state index is -0.851. The highest BCUT2D eigenvalue weighted by atomic mass is 32.1. The molecule has 100 valence electrons. The highest BCUT2D eigenvalue weighted by molar-refractivity contribution is 7.13. The van der Waals surface area contributed by atoms with Gasteiger partial charge in [0.1, 0.15) is 4.88 Å². The summed E-state index contributed by atoms with van der Waals surface area (Å²) in [5, 5.41) is 12.1. The van der Waals surface area contributed by atoms with Crippen LogP contribution in [0.15, 0.2) is 12.1 Å². The molecule has 0 bridgehead atoms. The second kappa shape index (κ2) is 6.87. The van der Waals surface area contributed by atoms with Crippen LogP contribution in [0.3, 0.4) is 0 Å². The second-order valence-corrected chi connectivity index (χ2v) is 5.69. The third-order valence-electron chi connectivity index (χ3n) is 3.11. The van der Waals surface area contributed by atoms with Gasteiger partial charge in [-0.05, 0) is 25.0 Å². The van der Waals surface area contributed by atoms with Crippen molar-refractivity contribution in [1.29, 1.82) is 0 Å². The fraction of sp³-hybridized carbons (Fsp3) is 0.615. The number of nitrogens with one attached hydrogen (secondary N) is 1. The van der Waals surface area contributed by atoms with Crippen molar-refractivity contribution in [2.45, 2.75) is 38.3 Å². The van der Waals surface area contributed by atoms with Crippen LogP contribution in [0.4, 0.5) is 0 Å². The largest absolute Gasteiger partial charge is 0.477 e. The van der Waals surface area contributed by atoms with Gasteiger partial charge < -0.3 is 15.2 Å². The zero-order valence-electron chi connectivity index (χ0n) is 10.4. The first kappa shape index (κ1) is 13.5. The predicted octanol–water partition coefficient (Wildman–Crippen LogP) is 2.50. The maximum atomic E-state index is 10.7. The monoisotopic (exact) mass is 269 g/mol. The number of carbonyl (C=O) groups is 1. The lowest BCUT2D eigenvalue weighted by Gasteiger charge is -2.10. The Balaban J connectivity index is 1.58. The molecule has 1 saturated carbocycles. The molecule has 4 nitrogen and oxygen atoms in total. The van der Waals surface area contributed by atoms with Gasteiger partial charge in [0.25, 0.3) is 0 Å². The summed E-state index contributed by atoms with van der Waals surface area (Å²) in [6, 6.07) is 3.51. The van der Waals surface area contributed by atoms with Gasteiger partial charge in [-0.1, -0.05) is 12.8 Å². The van der Waals surface area contributed by atoms with E-state index < -0.39 is 5.97 Å². The average molecular weight is 269 g/mol. The molecule has 1 fully saturated rings. The highest BCUT2D eigenvalue weighted by Crippen LogP contribution is 2.20. The SMILES string of the molecule is O=C(O)c1ccc(CNCCOC2CCCC2)s1. The number of carboxylic acid groups (broad SMARTS) is 1. The Labute approximate surface area is 111 Å². The van der Waals surface area contributed by atoms with E-state index in [1.165, 1.54) is 37.0 Å². The normalized spacial score (nSPS) is 16.2. The minimum absolute atomic E-state index is 0.397. The van der Waals surface area contributed by atoms with Gasteiger partial charge in [-0.25, -0.2) is 4.79 Å². The Morgan fingerprint density at radius 2 is 2.22 bits per heavy atom. The lowest BCUT2D eigenvalue weighted by molar-refractivity contribution is 0.0603. The van der Waals surface area contributed by atoms with E-state index in [-0.39, 0.29) is 0 Å². The predicted molar refractivity (Wildman–Crippen MR) is 71.2 cm³/mol. The van der Waals surface area contributed by atoms with E-state index in [1.54, 1.807) is 6.07 Å². The molecule has 0 unspecified atom stereocenters. The molecule has 2 rings (SSSR count). The summed E-state index contributed by atoms with van der Waals surface area (Å²) < 4.78 is 5.73. The van der Waals surface area contributed by atoms with Crippen LogP contribution in [-0.4, -0.2) is 30.3 Å². The van der Waals surface area contributed by atoms with Crippen molar-refractivity contribution in [2.75, 3.05) is 13.2 Å². The minimum Gasteiger partial charge on any atom is -0.477 e. The fourth-order valence-electron chi connectivity index (χ4n) is 2.15. The van der Waals surface area contributed by atoms with Gasteiger partial charge in [0.2, 0.25) is 0 Å². The fourth-order valence-corrected chi connectivity index (χ4v) is 2.97. The first-order chi connectivity index (χ1) is 8.75. The van der Waals surface area contributed by atoms with Crippen LogP contribution in [0.2, 0.25) is 0 Å². The lowest BCUT2D eigenvalue weighted by atomic mass is 10.3. The third kappa shape index (κ3) is 4.08. The summed E-state index contributed by atoms with van der Waals surface area (Å²) in [4.78, 5) is 12.2. The number of hydrogen-bond donors (Lipinski definition) is 2. The van der Waals surface area contributed by atoms with Crippen LogP contribution >= 0.6 is 11.3 Å². The van der Waals surface area contributed by atoms with Crippen LogP contribution < -0.4 is 5.32 Å². The first-order valence-electron chi connectivity index (χ1n) is 6.40. The van der Waals surface area contributed by atoms with Crippen LogP contribution in [0.1, 0.15) is 40.2 Å². The van der Waals surface area contributed by atoms with Crippen LogP contribution in [0.5, 0.6) is 0 Å². The van der Waals surface area contributed by atoms with Crippen molar-refractivity contribution in [1.82, 2.24) is 5.32 Å². The topological polar surface area (TPSA) is 58.6 Å². The van der Waals surface area contributed by atoms with E-state index in [9.17, 15) is 4.79 Å². The van der Waals surface area contributed by atoms with Gasteiger partial charge >= 0.3 is 5.97 Å². The van der Waals surface area contributed by atoms with E-state index in [0.717, 1.165) is 18.0 Å². The van der Waals surface area contributed by atoms with E-state index in [4.69, 9.17) is 9.84 Å². The molecule has 0 radical (unpaired) electrons. The van der Waals surface area contributed by atoms with Crippen molar-refractivity contribution < 1.29 is 14.6 Å². The molecule has 1 aromatic rings. The molecule has 1 aliphatic rings. The second-order valence-electron chi connectivity index (χ2n) is 4.53. The molecule has 0 aromatic carbocycles. The lowest BCUT2D eigenvalue weighted by Crippen LogP contribution is -2.21. The van der Waals surface area contributed by atoms with Gasteiger partial charge in [-0.15, -0.1) is 11.3 Å². The number of carboxylic acids is 1. The van der Waals surface area contributed by atoms with Gasteiger partial charge in [0.15, 0.2) is 0 Å². The summed E-state index contributed by atoms with van der Waals surface area (Å²) >= 11 is 1.32. The quantitative estimate of drug-likeness (QED) is 0.747. The molecule has 0 atom stereocenters. The van der Waals surface area contributed by atoms with Crippen molar-refractivity contribution in [3.8, 4) is 0 Å². The Bertz CT molecular complexity index is 385. The van der Waals surface area contributed by atoms with Crippen LogP contribution in [-0.2, 0) is 11.3 Å². The van der Waals surface area contributed by atoms with Gasteiger partial charge in [0, 0.05) is 18.0 Å². The average Bonchev–Trinajstić information content (AvgIpc) is 2.98. The molecule has 1 aromatic heterocycles. The summed E-state index contributed by atoms with van der Waals surface area (Å²) in [6.07, 6.45) is 5.46. The van der Waals surface area contributed by atoms with Gasteiger partial charge in [-0.2, -0.15) is 0 Å². The zero-order valence-corrected chi connectivity index (χ0v) is 11.2. The Kier molecular flexibility index (Phi) is 5.16. The number of aromatic carboxylic acids is 1. The summed E-state index contributed by atoms with van der Waals surface area (Å²) in [6.45, 7) is 2.27. The van der Waals surface area contributed by atoms with E-state index in [2.05, 4.69) is 5.32 Å². The molecule has 1 aliphatic carbocycles. The molecule has 2 N–H and O–H groups in total. The first-order valence-corrected chi connectivity index (χ1v) is 7.21. The number of thiophene rings is 1. The Morgan fingerprint density at radius 3 is 2.89 bits per heavy atom. The Hall–Kier alpha value is -0.910. The van der Waals surface area contributed by atoms with Crippen molar-refractivity contribution in [3.63, 3.8) is 0 Å². The van der Waals surface area contributed by atoms with Gasteiger partial charge in [-0.3, -0.25) is 0 Å². The molecule has 5 heteroatoms. The summed E-state index contributed by atoms with van der Waals surface area (Å²) in [5.74, 6) is -0.851. The Morgan fingerprint density at radius 1 is 1.44 bits per heavy atom. The van der Waals surface area contributed by atoms with E-state index >= 15 is 0 Å². The van der Waals surface area contributed by atoms with Crippen molar-refractivity contribution in [3.05, 3.63) is 21.9 Å². The molecule has 0 aliphatic heterocycles. The maximum absolute atomic E-state index is 10.7. The number of ether oxygens (including phenoxy) is 1. The number of hydrogen-bond acceptors (Lipinski definition) is 4. The highest BCUT2D eigenvalue weighted by Gasteiger charge is 2.14. The molecule has 0 saturated heterocycles. The van der Waals surface area contributed by atoms with Crippen LogP contribution in [0.25, 0.3) is 0 Å². The molecule has 18 heavy (non-hydrogen) atoms. The molecule has 1 heterocycles.